The molecule has 1 aliphatic heterocycles. The van der Waals surface area contributed by atoms with Gasteiger partial charge in [-0.3, -0.25) is 4.99 Å². The molecule has 0 spiro atoms. The van der Waals surface area contributed by atoms with Crippen molar-refractivity contribution in [2.24, 2.45) is 4.99 Å². The Morgan fingerprint density at radius 2 is 1.37 bits per heavy atom. The van der Waals surface area contributed by atoms with Gasteiger partial charge < -0.3 is 9.32 Å². The predicted octanol–water partition coefficient (Wildman–Crippen LogP) is 6.76. The number of rotatable bonds is 9. The van der Waals surface area contributed by atoms with Gasteiger partial charge in [-0.1, -0.05) is 18.2 Å². The molecular formula is C31H25F5N2O6S2. The summed E-state index contributed by atoms with van der Waals surface area (Å²) in [6.45, 7) is 7.60. The Kier molecular flexibility index (Phi) is 8.94. The van der Waals surface area contributed by atoms with Gasteiger partial charge in [0, 0.05) is 59.5 Å². The second kappa shape index (κ2) is 12.5. The lowest BCUT2D eigenvalue weighted by atomic mass is 9.93. The summed E-state index contributed by atoms with van der Waals surface area (Å²) in [7, 11) is -11.6. The second-order valence-electron chi connectivity index (χ2n) is 9.86. The zero-order valence-corrected chi connectivity index (χ0v) is 26.1. The molecule has 1 aliphatic carbocycles. The van der Waals surface area contributed by atoms with Crippen LogP contribution in [0.2, 0.25) is 0 Å². The zero-order chi connectivity index (χ0) is 33.6. The predicted molar refractivity (Wildman–Crippen MR) is 160 cm³/mol. The van der Waals surface area contributed by atoms with Crippen molar-refractivity contribution in [2.75, 3.05) is 24.5 Å². The van der Waals surface area contributed by atoms with Crippen LogP contribution in [0.25, 0.3) is 33.4 Å². The molecule has 8 nitrogen and oxygen atoms in total. The first-order chi connectivity index (χ1) is 21.7. The SMILES string of the molecule is CC/N=c1\ccc2c(-c3ccccc3S(=O)(=O)OS(=O)(=O)c3c(F)c(F)c(F)c(F)c3F)c3ccc(N(CC)CC)cc3oc-2c1. The standard InChI is InChI=1S/C31H25F5N2O6S2/c1-4-37-17-11-13-19-22(15-17)43-23-16-18(38(5-2)6-3)12-14-20(23)25(19)21-9-7-8-10-24(21)45(39,40)44-46(41,42)31-29(35)27(33)26(32)28(34)30(31)36/h7-16H,4-6H2,1-3H3/b37-17+. The molecule has 5 rings (SSSR count). The van der Waals surface area contributed by atoms with Crippen molar-refractivity contribution in [3.05, 3.63) is 95.1 Å². The summed E-state index contributed by atoms with van der Waals surface area (Å²) in [6.07, 6.45) is 0. The zero-order valence-electron chi connectivity index (χ0n) is 24.4. The van der Waals surface area contributed by atoms with Crippen LogP contribution < -0.4 is 10.3 Å². The number of hydrogen-bond donors (Lipinski definition) is 0. The molecule has 1 heterocycles. The van der Waals surface area contributed by atoms with E-state index in [0.717, 1.165) is 11.8 Å². The van der Waals surface area contributed by atoms with Crippen LogP contribution in [0.15, 0.2) is 79.9 Å². The summed E-state index contributed by atoms with van der Waals surface area (Å²) >= 11 is 0. The quantitative estimate of drug-likeness (QED) is 0.0733. The maximum Gasteiger partial charge on any atom is 0.317 e. The van der Waals surface area contributed by atoms with E-state index in [0.29, 0.717) is 47.3 Å². The highest BCUT2D eigenvalue weighted by atomic mass is 32.3. The Morgan fingerprint density at radius 1 is 0.739 bits per heavy atom. The average molecular weight is 681 g/mol. The molecule has 0 N–H and O–H groups in total. The largest absolute Gasteiger partial charge is 0.456 e. The molecule has 0 radical (unpaired) electrons. The normalized spacial score (nSPS) is 12.7. The van der Waals surface area contributed by atoms with Gasteiger partial charge in [0.05, 0.1) is 5.36 Å². The summed E-state index contributed by atoms with van der Waals surface area (Å²) in [4.78, 5) is 3.21. The first-order valence-corrected chi connectivity index (χ1v) is 16.6. The van der Waals surface area contributed by atoms with Gasteiger partial charge in [-0.2, -0.15) is 16.8 Å². The number of anilines is 1. The van der Waals surface area contributed by atoms with E-state index in [1.165, 1.54) is 18.2 Å². The number of halogens is 5. The van der Waals surface area contributed by atoms with Gasteiger partial charge in [0.25, 0.3) is 0 Å². The van der Waals surface area contributed by atoms with Crippen molar-refractivity contribution in [1.29, 1.82) is 0 Å². The van der Waals surface area contributed by atoms with Gasteiger partial charge in [-0.05, 0) is 51.1 Å². The number of benzene rings is 4. The van der Waals surface area contributed by atoms with E-state index in [1.54, 1.807) is 36.4 Å². The van der Waals surface area contributed by atoms with Gasteiger partial charge in [0.15, 0.2) is 28.2 Å². The Balaban J connectivity index is 1.77. The molecule has 46 heavy (non-hydrogen) atoms. The fourth-order valence-corrected chi connectivity index (χ4v) is 7.92. The Bertz CT molecular complexity index is 2220. The Morgan fingerprint density at radius 3 is 2.00 bits per heavy atom. The topological polar surface area (TPSA) is 106 Å². The van der Waals surface area contributed by atoms with E-state index in [2.05, 4.69) is 13.5 Å². The fraction of sp³-hybridized carbons (Fsp3) is 0.194. The first kappa shape index (κ1) is 33.0. The highest BCUT2D eigenvalue weighted by molar-refractivity contribution is 8.00. The van der Waals surface area contributed by atoms with Crippen molar-refractivity contribution in [3.8, 4) is 22.5 Å². The third kappa shape index (κ3) is 5.74. The van der Waals surface area contributed by atoms with E-state index in [4.69, 9.17) is 4.42 Å². The molecule has 0 amide bonds. The minimum absolute atomic E-state index is 0.100. The van der Waals surface area contributed by atoms with Gasteiger partial charge >= 0.3 is 20.2 Å². The number of fused-ring (bicyclic) bond motifs is 2. The summed E-state index contributed by atoms with van der Waals surface area (Å²) in [5, 5.41) is 0.982. The smallest absolute Gasteiger partial charge is 0.317 e. The molecule has 0 saturated heterocycles. The molecule has 242 valence electrons. The van der Waals surface area contributed by atoms with Gasteiger partial charge in [0.2, 0.25) is 5.82 Å². The van der Waals surface area contributed by atoms with Crippen LogP contribution in [-0.2, 0) is 23.9 Å². The van der Waals surface area contributed by atoms with Crippen molar-refractivity contribution in [3.63, 3.8) is 0 Å². The highest BCUT2D eigenvalue weighted by Crippen LogP contribution is 2.43. The van der Waals surface area contributed by atoms with Gasteiger partial charge in [0.1, 0.15) is 16.2 Å². The van der Waals surface area contributed by atoms with E-state index in [-0.39, 0.29) is 11.1 Å². The van der Waals surface area contributed by atoms with Crippen LogP contribution in [0.3, 0.4) is 0 Å². The first-order valence-electron chi connectivity index (χ1n) is 13.8. The molecule has 0 atom stereocenters. The molecule has 0 bridgehead atoms. The number of hydrogen-bond acceptors (Lipinski definition) is 8. The lowest BCUT2D eigenvalue weighted by Crippen LogP contribution is -2.21. The van der Waals surface area contributed by atoms with Crippen LogP contribution in [0.4, 0.5) is 27.6 Å². The highest BCUT2D eigenvalue weighted by Gasteiger charge is 2.38. The maximum atomic E-state index is 14.4. The Hall–Kier alpha value is -4.34. The molecule has 15 heteroatoms. The molecule has 0 unspecified atom stereocenters. The van der Waals surface area contributed by atoms with E-state index >= 15 is 0 Å². The minimum atomic E-state index is -6.13. The summed E-state index contributed by atoms with van der Waals surface area (Å²) in [5.74, 6) is -13.1. The summed E-state index contributed by atoms with van der Waals surface area (Å²) in [6, 6.07) is 15.2. The van der Waals surface area contributed by atoms with Crippen molar-refractivity contribution in [1.82, 2.24) is 0 Å². The van der Waals surface area contributed by atoms with E-state index in [1.807, 2.05) is 20.8 Å². The van der Waals surface area contributed by atoms with Crippen LogP contribution in [0.1, 0.15) is 20.8 Å². The molecule has 3 aromatic rings. The molecule has 0 fully saturated rings. The molecule has 0 aromatic heterocycles. The van der Waals surface area contributed by atoms with E-state index < -0.39 is 59.1 Å². The van der Waals surface area contributed by atoms with Crippen LogP contribution in [0, 0.1) is 29.1 Å². The number of nitrogens with zero attached hydrogens (tertiary/aromatic N) is 2. The lowest BCUT2D eigenvalue weighted by molar-refractivity contribution is 0.352. The van der Waals surface area contributed by atoms with Crippen molar-refractivity contribution >= 4 is 36.9 Å². The van der Waals surface area contributed by atoms with Crippen LogP contribution in [-0.4, -0.2) is 36.5 Å². The van der Waals surface area contributed by atoms with Gasteiger partial charge in [-0.15, -0.1) is 3.63 Å². The van der Waals surface area contributed by atoms with Crippen LogP contribution >= 0.6 is 0 Å². The Labute approximate surface area is 261 Å². The maximum absolute atomic E-state index is 14.4. The van der Waals surface area contributed by atoms with Crippen molar-refractivity contribution in [2.45, 2.75) is 30.6 Å². The van der Waals surface area contributed by atoms with Crippen molar-refractivity contribution < 1.29 is 46.8 Å². The minimum Gasteiger partial charge on any atom is -0.456 e. The molecule has 2 aliphatic rings. The molecule has 0 saturated carbocycles. The summed E-state index contributed by atoms with van der Waals surface area (Å²) in [5.41, 5.74) is 1.70. The van der Waals surface area contributed by atoms with E-state index in [9.17, 15) is 38.8 Å². The third-order valence-electron chi connectivity index (χ3n) is 7.18. The second-order valence-corrected chi connectivity index (χ2v) is 13.1. The summed E-state index contributed by atoms with van der Waals surface area (Å²) < 4.78 is 133. The third-order valence-corrected chi connectivity index (χ3v) is 10.4. The molecule has 3 aromatic carbocycles. The average Bonchev–Trinajstić information content (AvgIpc) is 3.01. The van der Waals surface area contributed by atoms with Crippen LogP contribution in [0.5, 0.6) is 0 Å². The monoisotopic (exact) mass is 680 g/mol. The lowest BCUT2D eigenvalue weighted by Gasteiger charge is -2.22. The fourth-order valence-electron chi connectivity index (χ4n) is 5.11. The molecular weight excluding hydrogens is 655 g/mol. The van der Waals surface area contributed by atoms with Gasteiger partial charge in [-0.25, -0.2) is 22.0 Å².